The summed E-state index contributed by atoms with van der Waals surface area (Å²) in [7, 11) is 0. The second-order valence-electron chi connectivity index (χ2n) is 6.25. The first-order chi connectivity index (χ1) is 12.1. The molecule has 0 bridgehead atoms. The highest BCUT2D eigenvalue weighted by atomic mass is 19.1. The molecule has 0 aliphatic heterocycles. The van der Waals surface area contributed by atoms with E-state index in [2.05, 4.69) is 10.4 Å². The van der Waals surface area contributed by atoms with Crippen molar-refractivity contribution in [2.45, 2.75) is 31.8 Å². The van der Waals surface area contributed by atoms with E-state index >= 15 is 0 Å². The number of amides is 1. The van der Waals surface area contributed by atoms with Gasteiger partial charge in [-0.2, -0.15) is 5.10 Å². The molecule has 1 aliphatic rings. The number of aryl methyl sites for hydroxylation is 1. The monoisotopic (exact) mass is 340 g/mol. The van der Waals surface area contributed by atoms with Gasteiger partial charge in [-0.05, 0) is 43.2 Å². The van der Waals surface area contributed by atoms with Crippen molar-refractivity contribution < 1.29 is 9.18 Å². The molecule has 1 amide bonds. The standard InChI is InChI=1S/C18H17FN4O2/c19-13-3-1-12(2-4-13)15-11-16-18(25)22(9-10-23(16)21-15)8-7-17(24)20-14-5-6-14/h1-4,9-11,14H,5-8H2,(H,20,24). The van der Waals surface area contributed by atoms with E-state index < -0.39 is 0 Å². The van der Waals surface area contributed by atoms with Gasteiger partial charge in [0, 0.05) is 37.0 Å². The third-order valence-corrected chi connectivity index (χ3v) is 4.27. The summed E-state index contributed by atoms with van der Waals surface area (Å²) in [4.78, 5) is 24.4. The second-order valence-corrected chi connectivity index (χ2v) is 6.25. The number of nitrogens with zero attached hydrogens (tertiary/aromatic N) is 3. The van der Waals surface area contributed by atoms with Gasteiger partial charge in [0.2, 0.25) is 5.91 Å². The second kappa shape index (κ2) is 6.16. The topological polar surface area (TPSA) is 68.4 Å². The van der Waals surface area contributed by atoms with Crippen molar-refractivity contribution in [2.75, 3.05) is 0 Å². The summed E-state index contributed by atoms with van der Waals surface area (Å²) in [5, 5.41) is 7.27. The van der Waals surface area contributed by atoms with Gasteiger partial charge in [0.25, 0.3) is 5.56 Å². The molecule has 0 unspecified atom stereocenters. The molecule has 0 spiro atoms. The molecule has 6 nitrogen and oxygen atoms in total. The maximum absolute atomic E-state index is 13.0. The summed E-state index contributed by atoms with van der Waals surface area (Å²) < 4.78 is 16.1. The van der Waals surface area contributed by atoms with E-state index in [4.69, 9.17) is 0 Å². The lowest BCUT2D eigenvalue weighted by atomic mass is 10.1. The molecule has 0 saturated heterocycles. The number of halogens is 1. The van der Waals surface area contributed by atoms with Crippen LogP contribution in [0.2, 0.25) is 0 Å². The molecule has 1 aromatic carbocycles. The zero-order valence-corrected chi connectivity index (χ0v) is 13.5. The molecule has 7 heteroatoms. The fourth-order valence-electron chi connectivity index (χ4n) is 2.71. The zero-order chi connectivity index (χ0) is 17.4. The van der Waals surface area contributed by atoms with E-state index in [1.54, 1.807) is 30.6 Å². The molecule has 0 atom stereocenters. The summed E-state index contributed by atoms with van der Waals surface area (Å²) in [6, 6.07) is 7.96. The van der Waals surface area contributed by atoms with Crippen LogP contribution in [-0.4, -0.2) is 26.1 Å². The molecular formula is C18H17FN4O2. The average molecular weight is 340 g/mol. The summed E-state index contributed by atoms with van der Waals surface area (Å²) in [5.74, 6) is -0.353. The minimum atomic E-state index is -0.320. The van der Waals surface area contributed by atoms with E-state index in [9.17, 15) is 14.0 Å². The quantitative estimate of drug-likeness (QED) is 0.772. The van der Waals surface area contributed by atoms with E-state index in [-0.39, 0.29) is 23.7 Å². The minimum absolute atomic E-state index is 0.0326. The molecule has 2 aromatic heterocycles. The van der Waals surface area contributed by atoms with Crippen LogP contribution in [0.25, 0.3) is 16.8 Å². The Bertz CT molecular complexity index is 986. The molecule has 25 heavy (non-hydrogen) atoms. The highest BCUT2D eigenvalue weighted by Gasteiger charge is 2.23. The number of fused-ring (bicyclic) bond motifs is 1. The first kappa shape index (κ1) is 15.6. The largest absolute Gasteiger partial charge is 0.353 e. The Morgan fingerprint density at radius 1 is 1.24 bits per heavy atom. The summed E-state index contributed by atoms with van der Waals surface area (Å²) in [5.41, 5.74) is 1.55. The van der Waals surface area contributed by atoms with E-state index in [1.165, 1.54) is 21.2 Å². The Labute approximate surface area is 142 Å². The number of hydrogen-bond acceptors (Lipinski definition) is 3. The van der Waals surface area contributed by atoms with Crippen LogP contribution in [0.1, 0.15) is 19.3 Å². The van der Waals surface area contributed by atoms with E-state index in [0.29, 0.717) is 23.8 Å². The molecule has 1 aliphatic carbocycles. The van der Waals surface area contributed by atoms with Crippen molar-refractivity contribution in [2.24, 2.45) is 0 Å². The van der Waals surface area contributed by atoms with Crippen LogP contribution in [0.15, 0.2) is 47.5 Å². The highest BCUT2D eigenvalue weighted by molar-refractivity contribution is 5.76. The van der Waals surface area contributed by atoms with Crippen LogP contribution >= 0.6 is 0 Å². The number of nitrogens with one attached hydrogen (secondary N) is 1. The number of aromatic nitrogens is 3. The smallest absolute Gasteiger partial charge is 0.276 e. The lowest BCUT2D eigenvalue weighted by molar-refractivity contribution is -0.121. The molecule has 4 rings (SSSR count). The Morgan fingerprint density at radius 3 is 2.72 bits per heavy atom. The summed E-state index contributed by atoms with van der Waals surface area (Å²) in [6.07, 6.45) is 5.66. The number of hydrogen-bond donors (Lipinski definition) is 1. The predicted molar refractivity (Wildman–Crippen MR) is 90.6 cm³/mol. The molecule has 1 N–H and O–H groups in total. The van der Waals surface area contributed by atoms with E-state index in [1.807, 2.05) is 0 Å². The van der Waals surface area contributed by atoms with Gasteiger partial charge in [0.1, 0.15) is 11.3 Å². The van der Waals surface area contributed by atoms with E-state index in [0.717, 1.165) is 18.4 Å². The average Bonchev–Trinajstić information content (AvgIpc) is 3.30. The normalized spacial score (nSPS) is 14.0. The van der Waals surface area contributed by atoms with Crippen LogP contribution < -0.4 is 10.9 Å². The van der Waals surface area contributed by atoms with Crippen LogP contribution in [0.4, 0.5) is 4.39 Å². The SMILES string of the molecule is O=C(CCn1ccn2nc(-c3ccc(F)cc3)cc2c1=O)NC1CC1. The number of benzene rings is 1. The fourth-order valence-corrected chi connectivity index (χ4v) is 2.71. The lowest BCUT2D eigenvalue weighted by Gasteiger charge is -2.06. The van der Waals surface area contributed by atoms with Crippen LogP contribution in [0.3, 0.4) is 0 Å². The third-order valence-electron chi connectivity index (χ3n) is 4.27. The summed E-state index contributed by atoms with van der Waals surface area (Å²) in [6.45, 7) is 0.324. The highest BCUT2D eigenvalue weighted by Crippen LogP contribution is 2.19. The first-order valence-corrected chi connectivity index (χ1v) is 8.24. The third kappa shape index (κ3) is 3.31. The van der Waals surface area contributed by atoms with Gasteiger partial charge in [-0.3, -0.25) is 9.59 Å². The Hall–Kier alpha value is -2.96. The van der Waals surface area contributed by atoms with Crippen molar-refractivity contribution in [1.29, 1.82) is 0 Å². The summed E-state index contributed by atoms with van der Waals surface area (Å²) >= 11 is 0. The van der Waals surface area contributed by atoms with Gasteiger partial charge < -0.3 is 9.88 Å². The number of carbonyl (C=O) groups is 1. The van der Waals surface area contributed by atoms with Crippen LogP contribution in [0, 0.1) is 5.82 Å². The van der Waals surface area contributed by atoms with Crippen LogP contribution in [0.5, 0.6) is 0 Å². The Morgan fingerprint density at radius 2 is 2.00 bits per heavy atom. The predicted octanol–water partition coefficient (Wildman–Crippen LogP) is 1.97. The Balaban J connectivity index is 1.57. The number of carbonyl (C=O) groups excluding carboxylic acids is 1. The van der Waals surface area contributed by atoms with Gasteiger partial charge in [0.05, 0.1) is 5.69 Å². The zero-order valence-electron chi connectivity index (χ0n) is 13.5. The molecule has 2 heterocycles. The molecule has 1 saturated carbocycles. The van der Waals surface area contributed by atoms with Gasteiger partial charge in [-0.25, -0.2) is 8.91 Å². The maximum atomic E-state index is 13.0. The molecule has 128 valence electrons. The molecule has 0 radical (unpaired) electrons. The minimum Gasteiger partial charge on any atom is -0.353 e. The maximum Gasteiger partial charge on any atom is 0.276 e. The lowest BCUT2D eigenvalue weighted by Crippen LogP contribution is -2.29. The van der Waals surface area contributed by atoms with Crippen molar-refractivity contribution in [1.82, 2.24) is 19.5 Å². The molecular weight excluding hydrogens is 323 g/mol. The van der Waals surface area contributed by atoms with Crippen molar-refractivity contribution in [3.05, 3.63) is 58.9 Å². The van der Waals surface area contributed by atoms with Gasteiger partial charge in [-0.15, -0.1) is 0 Å². The van der Waals surface area contributed by atoms with Crippen molar-refractivity contribution in [3.63, 3.8) is 0 Å². The first-order valence-electron chi connectivity index (χ1n) is 8.24. The molecule has 1 fully saturated rings. The fraction of sp³-hybridized carbons (Fsp3) is 0.278. The van der Waals surface area contributed by atoms with Crippen molar-refractivity contribution in [3.8, 4) is 11.3 Å². The van der Waals surface area contributed by atoms with Crippen LogP contribution in [-0.2, 0) is 11.3 Å². The van der Waals surface area contributed by atoms with Gasteiger partial charge in [-0.1, -0.05) is 0 Å². The molecule has 3 aromatic rings. The Kier molecular flexibility index (Phi) is 3.83. The van der Waals surface area contributed by atoms with Gasteiger partial charge in [0.15, 0.2) is 0 Å². The van der Waals surface area contributed by atoms with Crippen molar-refractivity contribution >= 4 is 11.4 Å². The van der Waals surface area contributed by atoms with Gasteiger partial charge >= 0.3 is 0 Å². The number of rotatable bonds is 5.